The monoisotopic (exact) mass is 332 g/mol. The second-order valence-electron chi connectivity index (χ2n) is 7.03. The molecule has 1 saturated carbocycles. The topological polar surface area (TPSA) is 59.6 Å². The summed E-state index contributed by atoms with van der Waals surface area (Å²) in [5, 5.41) is 6.67. The SMILES string of the molecule is COc1ccc(OC)c(C(C)NC(=O)[C@@]23CCCC[C@H]2CNC3)c1. The number of benzene rings is 1. The maximum Gasteiger partial charge on any atom is 0.228 e. The molecule has 2 N–H and O–H groups in total. The quantitative estimate of drug-likeness (QED) is 0.870. The van der Waals surface area contributed by atoms with Gasteiger partial charge in [0.05, 0.1) is 25.7 Å². The Morgan fingerprint density at radius 3 is 2.92 bits per heavy atom. The molecule has 2 fully saturated rings. The van der Waals surface area contributed by atoms with Gasteiger partial charge in [-0.15, -0.1) is 0 Å². The minimum absolute atomic E-state index is 0.125. The van der Waals surface area contributed by atoms with Crippen LogP contribution in [0.4, 0.5) is 0 Å². The summed E-state index contributed by atoms with van der Waals surface area (Å²) in [6.45, 7) is 3.77. The lowest BCUT2D eigenvalue weighted by molar-refractivity contribution is -0.134. The van der Waals surface area contributed by atoms with E-state index in [4.69, 9.17) is 9.47 Å². The predicted octanol–water partition coefficient (Wildman–Crippen LogP) is 2.66. The number of carbonyl (C=O) groups is 1. The van der Waals surface area contributed by atoms with E-state index in [0.29, 0.717) is 5.92 Å². The Bertz CT molecular complexity index is 604. The van der Waals surface area contributed by atoms with E-state index in [-0.39, 0.29) is 17.4 Å². The summed E-state index contributed by atoms with van der Waals surface area (Å²) in [5.41, 5.74) is 0.707. The largest absolute Gasteiger partial charge is 0.497 e. The number of carbonyl (C=O) groups excluding carboxylic acids is 1. The van der Waals surface area contributed by atoms with Gasteiger partial charge in [0.25, 0.3) is 0 Å². The third kappa shape index (κ3) is 2.97. The van der Waals surface area contributed by atoms with E-state index in [1.165, 1.54) is 6.42 Å². The Kier molecular flexibility index (Phi) is 4.99. The average Bonchev–Trinajstić information content (AvgIpc) is 3.06. The van der Waals surface area contributed by atoms with Gasteiger partial charge in [-0.05, 0) is 50.4 Å². The van der Waals surface area contributed by atoms with Crippen molar-refractivity contribution in [2.75, 3.05) is 27.3 Å². The van der Waals surface area contributed by atoms with Crippen LogP contribution >= 0.6 is 0 Å². The molecule has 1 aliphatic heterocycles. The highest BCUT2D eigenvalue weighted by atomic mass is 16.5. The third-order valence-corrected chi connectivity index (χ3v) is 5.74. The molecule has 1 aliphatic carbocycles. The van der Waals surface area contributed by atoms with Gasteiger partial charge in [-0.3, -0.25) is 4.79 Å². The molecule has 3 rings (SSSR count). The first-order chi connectivity index (χ1) is 11.6. The van der Waals surface area contributed by atoms with Gasteiger partial charge in [-0.25, -0.2) is 0 Å². The molecule has 0 aromatic heterocycles. The van der Waals surface area contributed by atoms with E-state index in [0.717, 1.165) is 49.4 Å². The molecule has 5 heteroatoms. The van der Waals surface area contributed by atoms with Crippen LogP contribution in [-0.2, 0) is 4.79 Å². The smallest absolute Gasteiger partial charge is 0.228 e. The van der Waals surface area contributed by atoms with Gasteiger partial charge in [0.15, 0.2) is 0 Å². The van der Waals surface area contributed by atoms with Crippen LogP contribution in [0.15, 0.2) is 18.2 Å². The Hall–Kier alpha value is -1.75. The zero-order valence-electron chi connectivity index (χ0n) is 14.9. The maximum absolute atomic E-state index is 13.1. The van der Waals surface area contributed by atoms with Crippen molar-refractivity contribution in [3.05, 3.63) is 23.8 Å². The summed E-state index contributed by atoms with van der Waals surface area (Å²) in [7, 11) is 3.29. The van der Waals surface area contributed by atoms with Gasteiger partial charge in [0.1, 0.15) is 11.5 Å². The molecule has 132 valence electrons. The van der Waals surface area contributed by atoms with E-state index in [1.54, 1.807) is 14.2 Å². The maximum atomic E-state index is 13.1. The molecule has 1 amide bonds. The molecule has 1 heterocycles. The van der Waals surface area contributed by atoms with Crippen molar-refractivity contribution in [3.8, 4) is 11.5 Å². The van der Waals surface area contributed by atoms with E-state index >= 15 is 0 Å². The summed E-state index contributed by atoms with van der Waals surface area (Å²) >= 11 is 0. The van der Waals surface area contributed by atoms with E-state index in [1.807, 2.05) is 25.1 Å². The van der Waals surface area contributed by atoms with Crippen LogP contribution in [-0.4, -0.2) is 33.2 Å². The van der Waals surface area contributed by atoms with E-state index < -0.39 is 0 Å². The van der Waals surface area contributed by atoms with Gasteiger partial charge in [-0.2, -0.15) is 0 Å². The van der Waals surface area contributed by atoms with Gasteiger partial charge in [0.2, 0.25) is 5.91 Å². The molecule has 1 saturated heterocycles. The Morgan fingerprint density at radius 2 is 2.17 bits per heavy atom. The zero-order valence-corrected chi connectivity index (χ0v) is 14.9. The van der Waals surface area contributed by atoms with Crippen molar-refractivity contribution in [1.29, 1.82) is 0 Å². The first-order valence-electron chi connectivity index (χ1n) is 8.84. The van der Waals surface area contributed by atoms with Crippen molar-refractivity contribution >= 4 is 5.91 Å². The second kappa shape index (κ2) is 7.01. The van der Waals surface area contributed by atoms with Gasteiger partial charge in [-0.1, -0.05) is 12.8 Å². The van der Waals surface area contributed by atoms with Crippen LogP contribution < -0.4 is 20.1 Å². The summed E-state index contributed by atoms with van der Waals surface area (Å²) in [6, 6.07) is 5.57. The molecule has 24 heavy (non-hydrogen) atoms. The van der Waals surface area contributed by atoms with E-state index in [2.05, 4.69) is 10.6 Å². The Morgan fingerprint density at radius 1 is 1.33 bits per heavy atom. The molecule has 0 bridgehead atoms. The molecule has 0 radical (unpaired) electrons. The number of amides is 1. The number of methoxy groups -OCH3 is 2. The van der Waals surface area contributed by atoms with Gasteiger partial charge >= 0.3 is 0 Å². The summed E-state index contributed by atoms with van der Waals surface area (Å²) in [5.74, 6) is 2.18. The molecular formula is C19H28N2O3. The van der Waals surface area contributed by atoms with Crippen LogP contribution in [0.5, 0.6) is 11.5 Å². The zero-order chi connectivity index (χ0) is 17.2. The molecule has 2 aliphatic rings. The molecule has 1 aromatic rings. The lowest BCUT2D eigenvalue weighted by Gasteiger charge is -2.38. The normalized spacial score (nSPS) is 27.2. The molecule has 0 spiro atoms. The van der Waals surface area contributed by atoms with Crippen LogP contribution in [0.1, 0.15) is 44.2 Å². The molecule has 3 atom stereocenters. The number of rotatable bonds is 5. The summed E-state index contributed by atoms with van der Waals surface area (Å²) in [4.78, 5) is 13.1. The first kappa shape index (κ1) is 17.1. The Labute approximate surface area is 144 Å². The predicted molar refractivity (Wildman–Crippen MR) is 93.4 cm³/mol. The number of hydrogen-bond donors (Lipinski definition) is 2. The van der Waals surface area contributed by atoms with Gasteiger partial charge in [0, 0.05) is 12.1 Å². The van der Waals surface area contributed by atoms with Crippen molar-refractivity contribution < 1.29 is 14.3 Å². The van der Waals surface area contributed by atoms with Crippen molar-refractivity contribution in [2.24, 2.45) is 11.3 Å². The van der Waals surface area contributed by atoms with Crippen LogP contribution in [0.25, 0.3) is 0 Å². The van der Waals surface area contributed by atoms with Crippen molar-refractivity contribution in [3.63, 3.8) is 0 Å². The molecule has 1 aromatic carbocycles. The lowest BCUT2D eigenvalue weighted by atomic mass is 9.67. The highest BCUT2D eigenvalue weighted by molar-refractivity contribution is 5.84. The number of hydrogen-bond acceptors (Lipinski definition) is 4. The highest BCUT2D eigenvalue weighted by Crippen LogP contribution is 2.44. The Balaban J connectivity index is 1.79. The fourth-order valence-electron chi connectivity index (χ4n) is 4.29. The molecule has 5 nitrogen and oxygen atoms in total. The number of ether oxygens (including phenoxy) is 2. The first-order valence-corrected chi connectivity index (χ1v) is 8.84. The van der Waals surface area contributed by atoms with E-state index in [9.17, 15) is 4.79 Å². The van der Waals surface area contributed by atoms with Crippen LogP contribution in [0, 0.1) is 11.3 Å². The summed E-state index contributed by atoms with van der Waals surface area (Å²) in [6.07, 6.45) is 4.51. The standard InChI is InChI=1S/C19H28N2O3/c1-13(16-10-15(23-2)7-8-17(16)24-3)21-18(22)19-9-5-4-6-14(19)11-20-12-19/h7-8,10,13-14,20H,4-6,9,11-12H2,1-3H3,(H,21,22)/t13?,14-,19+/m0/s1. The van der Waals surface area contributed by atoms with Gasteiger partial charge < -0.3 is 20.1 Å². The average molecular weight is 332 g/mol. The van der Waals surface area contributed by atoms with Crippen LogP contribution in [0.2, 0.25) is 0 Å². The summed E-state index contributed by atoms with van der Waals surface area (Å²) < 4.78 is 10.8. The minimum atomic E-state index is -0.237. The lowest BCUT2D eigenvalue weighted by Crippen LogP contribution is -2.48. The second-order valence-corrected chi connectivity index (χ2v) is 7.03. The fraction of sp³-hybridized carbons (Fsp3) is 0.632. The van der Waals surface area contributed by atoms with Crippen molar-refractivity contribution in [2.45, 2.75) is 38.6 Å². The number of fused-ring (bicyclic) bond motifs is 1. The molecule has 1 unspecified atom stereocenters. The minimum Gasteiger partial charge on any atom is -0.497 e. The van der Waals surface area contributed by atoms with Crippen LogP contribution in [0.3, 0.4) is 0 Å². The third-order valence-electron chi connectivity index (χ3n) is 5.74. The molecular weight excluding hydrogens is 304 g/mol. The van der Waals surface area contributed by atoms with Crippen molar-refractivity contribution in [1.82, 2.24) is 10.6 Å². The highest BCUT2D eigenvalue weighted by Gasteiger charge is 2.50. The number of nitrogens with one attached hydrogen (secondary N) is 2. The fourth-order valence-corrected chi connectivity index (χ4v) is 4.29.